The first-order valence-electron chi connectivity index (χ1n) is 11.8. The molecule has 0 bridgehead atoms. The topological polar surface area (TPSA) is 81.1 Å². The lowest BCUT2D eigenvalue weighted by molar-refractivity contribution is -0.113. The molecule has 0 unspecified atom stereocenters. The molecule has 188 valence electrons. The van der Waals surface area contributed by atoms with Gasteiger partial charge in [0.05, 0.1) is 12.7 Å². The van der Waals surface area contributed by atoms with Gasteiger partial charge in [-0.3, -0.25) is 4.79 Å². The van der Waals surface area contributed by atoms with E-state index in [9.17, 15) is 9.18 Å². The minimum atomic E-state index is -0.584. The molecular formula is C28H26FN5O2S. The van der Waals surface area contributed by atoms with Gasteiger partial charge in [0.2, 0.25) is 11.1 Å². The van der Waals surface area contributed by atoms with Gasteiger partial charge in [-0.15, -0.1) is 5.10 Å². The van der Waals surface area contributed by atoms with E-state index in [0.717, 1.165) is 28.1 Å². The number of amides is 1. The van der Waals surface area contributed by atoms with E-state index >= 15 is 0 Å². The van der Waals surface area contributed by atoms with Gasteiger partial charge in [-0.1, -0.05) is 54.2 Å². The summed E-state index contributed by atoms with van der Waals surface area (Å²) in [7, 11) is 1.64. The van der Waals surface area contributed by atoms with Crippen molar-refractivity contribution in [3.05, 3.63) is 107 Å². The number of carbonyl (C=O) groups excluding carboxylic acids is 1. The summed E-state index contributed by atoms with van der Waals surface area (Å²) in [4.78, 5) is 18.3. The van der Waals surface area contributed by atoms with E-state index in [1.807, 2.05) is 62.4 Å². The van der Waals surface area contributed by atoms with Gasteiger partial charge in [0.1, 0.15) is 17.6 Å². The van der Waals surface area contributed by atoms with E-state index < -0.39 is 6.04 Å². The summed E-state index contributed by atoms with van der Waals surface area (Å²) in [5.41, 5.74) is 4.63. The molecule has 1 aromatic heterocycles. The number of nitrogens with zero attached hydrogens (tertiary/aromatic N) is 3. The molecule has 2 N–H and O–H groups in total. The molecule has 0 spiro atoms. The predicted octanol–water partition coefficient (Wildman–Crippen LogP) is 5.95. The minimum Gasteiger partial charge on any atom is -0.497 e. The predicted molar refractivity (Wildman–Crippen MR) is 143 cm³/mol. The average molecular weight is 516 g/mol. The van der Waals surface area contributed by atoms with Gasteiger partial charge in [-0.25, -0.2) is 9.07 Å². The van der Waals surface area contributed by atoms with Gasteiger partial charge in [0.25, 0.3) is 5.91 Å². The van der Waals surface area contributed by atoms with Crippen LogP contribution in [0.4, 0.5) is 16.0 Å². The number of para-hydroxylation sites is 1. The van der Waals surface area contributed by atoms with Crippen LogP contribution in [0.25, 0.3) is 0 Å². The number of aromatic nitrogens is 3. The van der Waals surface area contributed by atoms with Crippen LogP contribution in [0.2, 0.25) is 0 Å². The van der Waals surface area contributed by atoms with E-state index in [4.69, 9.17) is 9.84 Å². The van der Waals surface area contributed by atoms with Gasteiger partial charge >= 0.3 is 0 Å². The Morgan fingerprint density at radius 3 is 2.65 bits per heavy atom. The zero-order valence-electron chi connectivity index (χ0n) is 20.7. The zero-order valence-corrected chi connectivity index (χ0v) is 21.5. The molecule has 1 atom stereocenters. The molecular weight excluding hydrogens is 489 g/mol. The average Bonchev–Trinajstić information content (AvgIpc) is 3.31. The van der Waals surface area contributed by atoms with Crippen molar-refractivity contribution in [3.8, 4) is 5.75 Å². The maximum Gasteiger partial charge on any atom is 0.255 e. The molecule has 7 nitrogen and oxygen atoms in total. The number of carbonyl (C=O) groups is 1. The molecule has 0 radical (unpaired) electrons. The molecule has 3 aromatic carbocycles. The van der Waals surface area contributed by atoms with Crippen LogP contribution in [0.5, 0.6) is 5.75 Å². The van der Waals surface area contributed by atoms with Crippen LogP contribution in [0.3, 0.4) is 0 Å². The van der Waals surface area contributed by atoms with E-state index in [-0.39, 0.29) is 11.7 Å². The molecule has 2 heterocycles. The number of thioether (sulfide) groups is 1. The van der Waals surface area contributed by atoms with Gasteiger partial charge in [0.15, 0.2) is 0 Å². The number of aryl methyl sites for hydroxylation is 1. The molecule has 37 heavy (non-hydrogen) atoms. The highest BCUT2D eigenvalue weighted by Gasteiger charge is 2.34. The number of fused-ring (bicyclic) bond motifs is 1. The molecule has 0 fully saturated rings. The number of hydrogen-bond donors (Lipinski definition) is 2. The number of nitrogens with one attached hydrogen (secondary N) is 2. The summed E-state index contributed by atoms with van der Waals surface area (Å²) >= 11 is 1.48. The third-order valence-electron chi connectivity index (χ3n) is 6.16. The summed E-state index contributed by atoms with van der Waals surface area (Å²) in [6.45, 7) is 3.78. The lowest BCUT2D eigenvalue weighted by Crippen LogP contribution is -2.31. The summed E-state index contributed by atoms with van der Waals surface area (Å²) in [5.74, 6) is 1.34. The van der Waals surface area contributed by atoms with Crippen LogP contribution in [-0.4, -0.2) is 27.8 Å². The first-order chi connectivity index (χ1) is 17.9. The highest BCUT2D eigenvalue weighted by Crippen LogP contribution is 2.37. The number of allylic oxidation sites excluding steroid dienone is 1. The van der Waals surface area contributed by atoms with Crippen LogP contribution in [-0.2, 0) is 10.5 Å². The normalized spacial score (nSPS) is 14.6. The molecule has 0 saturated carbocycles. The van der Waals surface area contributed by atoms with Gasteiger partial charge in [-0.05, 0) is 60.9 Å². The summed E-state index contributed by atoms with van der Waals surface area (Å²) in [6, 6.07) is 21.0. The summed E-state index contributed by atoms with van der Waals surface area (Å²) < 4.78 is 20.8. The molecule has 1 amide bonds. The zero-order chi connectivity index (χ0) is 25.9. The minimum absolute atomic E-state index is 0.264. The van der Waals surface area contributed by atoms with Gasteiger partial charge < -0.3 is 15.4 Å². The van der Waals surface area contributed by atoms with Crippen molar-refractivity contribution in [2.45, 2.75) is 30.8 Å². The highest BCUT2D eigenvalue weighted by atomic mass is 32.2. The number of halogens is 1. The number of ether oxygens (including phenoxy) is 1. The van der Waals surface area contributed by atoms with Crippen molar-refractivity contribution < 1.29 is 13.9 Å². The highest BCUT2D eigenvalue weighted by molar-refractivity contribution is 7.98. The Morgan fingerprint density at radius 1 is 1.11 bits per heavy atom. The summed E-state index contributed by atoms with van der Waals surface area (Å²) in [5, 5.41) is 11.6. The van der Waals surface area contributed by atoms with E-state index in [2.05, 4.69) is 15.6 Å². The first-order valence-corrected chi connectivity index (χ1v) is 12.7. The molecule has 4 aromatic rings. The number of anilines is 2. The van der Waals surface area contributed by atoms with Crippen LogP contribution in [0.1, 0.15) is 29.7 Å². The van der Waals surface area contributed by atoms with Crippen molar-refractivity contribution in [1.29, 1.82) is 0 Å². The van der Waals surface area contributed by atoms with Crippen LogP contribution < -0.4 is 15.4 Å². The van der Waals surface area contributed by atoms with Crippen molar-refractivity contribution in [3.63, 3.8) is 0 Å². The van der Waals surface area contributed by atoms with E-state index in [1.54, 1.807) is 23.9 Å². The molecule has 1 aliphatic rings. The first kappa shape index (κ1) is 24.6. The van der Waals surface area contributed by atoms with E-state index in [1.165, 1.54) is 23.9 Å². The largest absolute Gasteiger partial charge is 0.497 e. The number of rotatable bonds is 7. The fourth-order valence-electron chi connectivity index (χ4n) is 4.25. The second-order valence-electron chi connectivity index (χ2n) is 8.69. The Bertz CT molecular complexity index is 1480. The second kappa shape index (κ2) is 10.5. The van der Waals surface area contributed by atoms with Crippen molar-refractivity contribution in [2.24, 2.45) is 0 Å². The fourth-order valence-corrected chi connectivity index (χ4v) is 5.02. The van der Waals surface area contributed by atoms with Crippen molar-refractivity contribution >= 4 is 29.3 Å². The number of benzene rings is 3. The Balaban J connectivity index is 1.48. The number of hydrogen-bond acceptors (Lipinski definition) is 6. The molecule has 9 heteroatoms. The molecule has 1 aliphatic heterocycles. The molecule has 0 aliphatic carbocycles. The maximum absolute atomic E-state index is 13.8. The third kappa shape index (κ3) is 5.22. The Labute approximate surface area is 218 Å². The lowest BCUT2D eigenvalue weighted by atomic mass is 9.95. The lowest BCUT2D eigenvalue weighted by Gasteiger charge is -2.28. The van der Waals surface area contributed by atoms with E-state index in [0.29, 0.717) is 28.1 Å². The summed E-state index contributed by atoms with van der Waals surface area (Å²) in [6.07, 6.45) is 0. The maximum atomic E-state index is 13.8. The van der Waals surface area contributed by atoms with Gasteiger partial charge in [0, 0.05) is 17.1 Å². The standard InChI is InChI=1S/C28H26FN5O2S/c1-17-7-4-5-10-23(17)31-26(35)24-18(2)30-27-32-28(37-16-19-8-6-9-22(15-19)36-3)33-34(27)25(24)20-11-13-21(29)14-12-20/h4-15,25H,16H2,1-3H3,(H,31,35)(H,30,32,33)/t25-/m0/s1. The smallest absolute Gasteiger partial charge is 0.255 e. The quantitative estimate of drug-likeness (QED) is 0.296. The second-order valence-corrected chi connectivity index (χ2v) is 9.63. The van der Waals surface area contributed by atoms with Crippen LogP contribution in [0.15, 0.2) is 89.2 Å². The fraction of sp³-hybridized carbons (Fsp3) is 0.179. The SMILES string of the molecule is COc1cccc(CSc2nc3n(n2)[C@@H](c2ccc(F)cc2)C(C(=O)Nc2ccccc2C)=C(C)N3)c1. The van der Waals surface area contributed by atoms with Crippen molar-refractivity contribution in [2.75, 3.05) is 17.7 Å². The third-order valence-corrected chi connectivity index (χ3v) is 7.07. The Morgan fingerprint density at radius 2 is 1.89 bits per heavy atom. The van der Waals surface area contributed by atoms with Crippen LogP contribution >= 0.6 is 11.8 Å². The molecule has 0 saturated heterocycles. The molecule has 5 rings (SSSR count). The van der Waals surface area contributed by atoms with Crippen molar-refractivity contribution in [1.82, 2.24) is 14.8 Å². The van der Waals surface area contributed by atoms with Gasteiger partial charge in [-0.2, -0.15) is 4.98 Å². The Hall–Kier alpha value is -4.11. The number of methoxy groups -OCH3 is 1. The van der Waals surface area contributed by atoms with Crippen LogP contribution in [0, 0.1) is 12.7 Å². The monoisotopic (exact) mass is 515 g/mol. The Kier molecular flexibility index (Phi) is 6.96.